The van der Waals surface area contributed by atoms with Crippen LogP contribution in [0.3, 0.4) is 0 Å². The molecule has 2 aromatic rings. The van der Waals surface area contributed by atoms with Crippen LogP contribution in [0.2, 0.25) is 10.0 Å². The van der Waals surface area contributed by atoms with Crippen molar-refractivity contribution >= 4 is 46.6 Å². The van der Waals surface area contributed by atoms with Crippen LogP contribution in [0.15, 0.2) is 24.4 Å². The van der Waals surface area contributed by atoms with Gasteiger partial charge in [-0.25, -0.2) is 4.98 Å². The van der Waals surface area contributed by atoms with Gasteiger partial charge in [-0.15, -0.1) is 0 Å². The van der Waals surface area contributed by atoms with Gasteiger partial charge in [0.15, 0.2) is 0 Å². The predicted octanol–water partition coefficient (Wildman–Crippen LogP) is 4.85. The number of nitrogens with zero attached hydrogens (tertiary/aromatic N) is 3. The molecule has 0 saturated carbocycles. The summed E-state index contributed by atoms with van der Waals surface area (Å²) < 4.78 is 40.3. The Hall–Kier alpha value is -2.26. The Morgan fingerprint density at radius 3 is 2.68 bits per heavy atom. The highest BCUT2D eigenvalue weighted by Gasteiger charge is 2.38. The Morgan fingerprint density at radius 1 is 1.29 bits per heavy atom. The van der Waals surface area contributed by atoms with Gasteiger partial charge in [0.1, 0.15) is 11.4 Å². The van der Waals surface area contributed by atoms with Crippen LogP contribution in [-0.4, -0.2) is 34.1 Å². The molecule has 0 bridgehead atoms. The van der Waals surface area contributed by atoms with Crippen LogP contribution >= 0.6 is 23.2 Å². The van der Waals surface area contributed by atoms with E-state index >= 15 is 0 Å². The second-order valence-electron chi connectivity index (χ2n) is 6.31. The van der Waals surface area contributed by atoms with Crippen LogP contribution < -0.4 is 10.2 Å². The van der Waals surface area contributed by atoms with E-state index in [1.807, 2.05) is 0 Å². The number of hydrogen-bond acceptors (Lipinski definition) is 5. The lowest BCUT2D eigenvalue weighted by atomic mass is 9.98. The summed E-state index contributed by atoms with van der Waals surface area (Å²) in [6, 6.07) is 4.60. The van der Waals surface area contributed by atoms with E-state index in [1.54, 1.807) is 6.07 Å². The molecule has 1 aromatic carbocycles. The van der Waals surface area contributed by atoms with Gasteiger partial charge in [-0.2, -0.15) is 18.2 Å². The molecule has 1 saturated heterocycles. The first-order chi connectivity index (χ1) is 13.1. The number of carboxylic acids is 1. The quantitative estimate of drug-likeness (QED) is 0.716. The van der Waals surface area contributed by atoms with E-state index in [0.717, 1.165) is 0 Å². The van der Waals surface area contributed by atoms with E-state index in [2.05, 4.69) is 15.3 Å². The summed E-state index contributed by atoms with van der Waals surface area (Å²) >= 11 is 11.8. The number of aliphatic carboxylic acids is 1. The van der Waals surface area contributed by atoms with Crippen molar-refractivity contribution in [2.45, 2.75) is 19.0 Å². The number of benzene rings is 1. The fourth-order valence-corrected chi connectivity index (χ4v) is 3.25. The number of hydrogen-bond donors (Lipinski definition) is 2. The molecule has 1 unspecified atom stereocenters. The SMILES string of the molecule is O=C(O)C1CCCN(c2nc(Nc3ccc(Cl)c(Cl)c3)ncc2C(F)(F)F)C1. The Labute approximate surface area is 168 Å². The maximum atomic E-state index is 13.4. The molecule has 2 heterocycles. The summed E-state index contributed by atoms with van der Waals surface area (Å²) in [5.74, 6) is -2.22. The molecule has 6 nitrogen and oxygen atoms in total. The fraction of sp³-hybridized carbons (Fsp3) is 0.353. The molecule has 1 fully saturated rings. The van der Waals surface area contributed by atoms with Crippen molar-refractivity contribution in [3.8, 4) is 0 Å². The van der Waals surface area contributed by atoms with Crippen molar-refractivity contribution in [2.24, 2.45) is 5.92 Å². The first-order valence-electron chi connectivity index (χ1n) is 8.29. The van der Waals surface area contributed by atoms with Crippen molar-refractivity contribution in [1.29, 1.82) is 0 Å². The molecule has 150 valence electrons. The van der Waals surface area contributed by atoms with Crippen LogP contribution in [0.1, 0.15) is 18.4 Å². The third kappa shape index (κ3) is 4.59. The molecule has 2 N–H and O–H groups in total. The maximum Gasteiger partial charge on any atom is 0.421 e. The summed E-state index contributed by atoms with van der Waals surface area (Å²) in [6.07, 6.45) is -3.12. The highest BCUT2D eigenvalue weighted by atomic mass is 35.5. The summed E-state index contributed by atoms with van der Waals surface area (Å²) in [7, 11) is 0. The third-order valence-electron chi connectivity index (χ3n) is 4.32. The summed E-state index contributed by atoms with van der Waals surface area (Å²) in [6.45, 7) is 0.220. The molecule has 3 rings (SSSR count). The van der Waals surface area contributed by atoms with Crippen molar-refractivity contribution in [1.82, 2.24) is 9.97 Å². The molecule has 1 aromatic heterocycles. The second kappa shape index (κ2) is 8.00. The van der Waals surface area contributed by atoms with E-state index in [9.17, 15) is 23.1 Å². The zero-order valence-corrected chi connectivity index (χ0v) is 15.8. The third-order valence-corrected chi connectivity index (χ3v) is 5.06. The van der Waals surface area contributed by atoms with E-state index in [-0.39, 0.29) is 29.9 Å². The van der Waals surface area contributed by atoms with Gasteiger partial charge in [0.2, 0.25) is 5.95 Å². The van der Waals surface area contributed by atoms with Gasteiger partial charge in [-0.05, 0) is 31.0 Å². The van der Waals surface area contributed by atoms with Crippen LogP contribution in [0.4, 0.5) is 30.6 Å². The highest BCUT2D eigenvalue weighted by Crippen LogP contribution is 2.37. The van der Waals surface area contributed by atoms with Crippen LogP contribution in [0.5, 0.6) is 0 Å². The Balaban J connectivity index is 1.95. The van der Waals surface area contributed by atoms with Crippen LogP contribution in [0.25, 0.3) is 0 Å². The van der Waals surface area contributed by atoms with Gasteiger partial charge < -0.3 is 15.3 Å². The largest absolute Gasteiger partial charge is 0.481 e. The molecule has 0 aliphatic carbocycles. The van der Waals surface area contributed by atoms with Crippen LogP contribution in [-0.2, 0) is 11.0 Å². The van der Waals surface area contributed by atoms with Gasteiger partial charge in [0, 0.05) is 25.0 Å². The number of halogens is 5. The predicted molar refractivity (Wildman–Crippen MR) is 99.4 cm³/mol. The van der Waals surface area contributed by atoms with E-state index < -0.39 is 23.6 Å². The zero-order chi connectivity index (χ0) is 20.5. The summed E-state index contributed by atoms with van der Waals surface area (Å²) in [4.78, 5) is 20.4. The average Bonchev–Trinajstić information content (AvgIpc) is 2.64. The van der Waals surface area contributed by atoms with E-state index in [4.69, 9.17) is 23.2 Å². The molecule has 1 aliphatic heterocycles. The minimum Gasteiger partial charge on any atom is -0.481 e. The monoisotopic (exact) mass is 434 g/mol. The minimum absolute atomic E-state index is 0.0539. The first-order valence-corrected chi connectivity index (χ1v) is 9.05. The highest BCUT2D eigenvalue weighted by molar-refractivity contribution is 6.42. The lowest BCUT2D eigenvalue weighted by Crippen LogP contribution is -2.40. The molecule has 11 heteroatoms. The molecular formula is C17H15Cl2F3N4O2. The molecule has 0 radical (unpaired) electrons. The second-order valence-corrected chi connectivity index (χ2v) is 7.12. The van der Waals surface area contributed by atoms with E-state index in [0.29, 0.717) is 29.7 Å². The van der Waals surface area contributed by atoms with Gasteiger partial charge in [-0.3, -0.25) is 4.79 Å². The van der Waals surface area contributed by atoms with Gasteiger partial charge in [-0.1, -0.05) is 23.2 Å². The molecule has 0 amide bonds. The van der Waals surface area contributed by atoms with Crippen molar-refractivity contribution < 1.29 is 23.1 Å². The summed E-state index contributed by atoms with van der Waals surface area (Å²) in [5.41, 5.74) is -0.569. The number of carbonyl (C=O) groups is 1. The van der Waals surface area contributed by atoms with Crippen molar-refractivity contribution in [2.75, 3.05) is 23.3 Å². The topological polar surface area (TPSA) is 78.3 Å². The lowest BCUT2D eigenvalue weighted by molar-refractivity contribution is -0.141. The average molecular weight is 435 g/mol. The number of nitrogens with one attached hydrogen (secondary N) is 1. The summed E-state index contributed by atoms with van der Waals surface area (Å²) in [5, 5.41) is 12.6. The normalized spacial score (nSPS) is 17.5. The number of anilines is 3. The Bertz CT molecular complexity index is 895. The fourth-order valence-electron chi connectivity index (χ4n) is 2.95. The van der Waals surface area contributed by atoms with Crippen molar-refractivity contribution in [3.63, 3.8) is 0 Å². The molecule has 1 aliphatic rings. The van der Waals surface area contributed by atoms with Gasteiger partial charge in [0.05, 0.1) is 16.0 Å². The Morgan fingerprint density at radius 2 is 2.04 bits per heavy atom. The standard InChI is InChI=1S/C17H15Cl2F3N4O2/c18-12-4-3-10(6-13(12)19)24-16-23-7-11(17(20,21)22)14(25-16)26-5-1-2-9(8-26)15(27)28/h3-4,6-7,9H,1-2,5,8H2,(H,27,28)(H,23,24,25). The Kier molecular flexibility index (Phi) is 5.85. The van der Waals surface area contributed by atoms with Crippen molar-refractivity contribution in [3.05, 3.63) is 40.0 Å². The minimum atomic E-state index is -4.67. The van der Waals surface area contributed by atoms with Gasteiger partial charge >= 0.3 is 12.1 Å². The molecule has 0 spiro atoms. The number of alkyl halides is 3. The van der Waals surface area contributed by atoms with E-state index in [1.165, 1.54) is 17.0 Å². The first kappa shape index (κ1) is 20.5. The number of carboxylic acid groups (broad SMARTS) is 1. The van der Waals surface area contributed by atoms with Crippen LogP contribution in [0, 0.1) is 5.92 Å². The van der Waals surface area contributed by atoms with Gasteiger partial charge in [0.25, 0.3) is 0 Å². The molecule has 28 heavy (non-hydrogen) atoms. The molecule has 1 atom stereocenters. The number of aromatic nitrogens is 2. The zero-order valence-electron chi connectivity index (χ0n) is 14.3. The lowest BCUT2D eigenvalue weighted by Gasteiger charge is -2.33. The maximum absolute atomic E-state index is 13.4. The number of rotatable bonds is 4. The smallest absolute Gasteiger partial charge is 0.421 e. The number of piperidine rings is 1. The molecular weight excluding hydrogens is 420 g/mol.